The number of hydrogen-bond donors (Lipinski definition) is 2. The van der Waals surface area contributed by atoms with Crippen LogP contribution in [0, 0.1) is 11.3 Å². The lowest BCUT2D eigenvalue weighted by Gasteiger charge is -2.18. The van der Waals surface area contributed by atoms with Crippen molar-refractivity contribution in [2.24, 2.45) is 17.1 Å². The van der Waals surface area contributed by atoms with Gasteiger partial charge in [0.15, 0.2) is 0 Å². The first-order valence-corrected chi connectivity index (χ1v) is 6.65. The number of nitrogens with two attached hydrogens (primary N) is 1. The van der Waals surface area contributed by atoms with Crippen LogP contribution in [0.3, 0.4) is 0 Å². The molecule has 1 saturated carbocycles. The highest BCUT2D eigenvalue weighted by atomic mass is 16.1. The maximum absolute atomic E-state index is 11.9. The first-order valence-electron chi connectivity index (χ1n) is 6.65. The summed E-state index contributed by atoms with van der Waals surface area (Å²) < 4.78 is 0. The predicted molar refractivity (Wildman–Crippen MR) is 67.0 cm³/mol. The quantitative estimate of drug-likeness (QED) is 0.665. The van der Waals surface area contributed by atoms with E-state index in [0.29, 0.717) is 12.0 Å². The van der Waals surface area contributed by atoms with E-state index in [0.717, 1.165) is 19.4 Å². The predicted octanol–water partition coefficient (Wildman–Crippen LogP) is 2.06. The van der Waals surface area contributed by atoms with Gasteiger partial charge in [-0.1, -0.05) is 26.7 Å². The van der Waals surface area contributed by atoms with E-state index in [2.05, 4.69) is 19.2 Å². The standard InChI is InChI=1S/C13H26N2O/c1-3-5-11(9-14)12(16)15-10-13(6-4-2)7-8-13/h11H,3-10,14H2,1-2H3,(H,15,16). The normalized spacial score (nSPS) is 19.2. The summed E-state index contributed by atoms with van der Waals surface area (Å²) in [5.41, 5.74) is 6.05. The lowest BCUT2D eigenvalue weighted by Crippen LogP contribution is -2.38. The molecular weight excluding hydrogens is 200 g/mol. The van der Waals surface area contributed by atoms with Crippen molar-refractivity contribution >= 4 is 5.91 Å². The summed E-state index contributed by atoms with van der Waals surface area (Å²) in [4.78, 5) is 11.9. The number of rotatable bonds is 8. The minimum atomic E-state index is 0.0161. The second kappa shape index (κ2) is 6.24. The van der Waals surface area contributed by atoms with Crippen molar-refractivity contribution in [1.29, 1.82) is 0 Å². The second-order valence-corrected chi connectivity index (χ2v) is 5.19. The fourth-order valence-corrected chi connectivity index (χ4v) is 2.35. The van der Waals surface area contributed by atoms with Crippen LogP contribution in [0.1, 0.15) is 52.4 Å². The van der Waals surface area contributed by atoms with Gasteiger partial charge in [0.2, 0.25) is 5.91 Å². The van der Waals surface area contributed by atoms with Gasteiger partial charge in [0.05, 0.1) is 5.92 Å². The molecule has 1 aliphatic carbocycles. The van der Waals surface area contributed by atoms with Gasteiger partial charge in [0.1, 0.15) is 0 Å². The largest absolute Gasteiger partial charge is 0.355 e. The van der Waals surface area contributed by atoms with E-state index in [1.165, 1.54) is 25.7 Å². The van der Waals surface area contributed by atoms with Crippen LogP contribution in [-0.2, 0) is 4.79 Å². The number of carbonyl (C=O) groups is 1. The van der Waals surface area contributed by atoms with Crippen LogP contribution < -0.4 is 11.1 Å². The maximum atomic E-state index is 11.9. The van der Waals surface area contributed by atoms with Gasteiger partial charge in [-0.05, 0) is 31.1 Å². The Bertz CT molecular complexity index is 224. The molecule has 1 amide bonds. The summed E-state index contributed by atoms with van der Waals surface area (Å²) in [5, 5.41) is 3.09. The van der Waals surface area contributed by atoms with E-state index < -0.39 is 0 Å². The average Bonchev–Trinajstić information content (AvgIpc) is 3.04. The molecule has 0 heterocycles. The number of amides is 1. The molecule has 1 rings (SSSR count). The Kier molecular flexibility index (Phi) is 5.26. The summed E-state index contributed by atoms with van der Waals surface area (Å²) in [7, 11) is 0. The highest BCUT2D eigenvalue weighted by Gasteiger charge is 2.41. The zero-order chi connectivity index (χ0) is 12.0. The monoisotopic (exact) mass is 226 g/mol. The summed E-state index contributed by atoms with van der Waals surface area (Å²) >= 11 is 0. The van der Waals surface area contributed by atoms with E-state index in [1.807, 2.05) is 0 Å². The van der Waals surface area contributed by atoms with Gasteiger partial charge in [0, 0.05) is 13.1 Å². The van der Waals surface area contributed by atoms with Crippen LogP contribution >= 0.6 is 0 Å². The Hall–Kier alpha value is -0.570. The van der Waals surface area contributed by atoms with Crippen LogP contribution in [0.25, 0.3) is 0 Å². The van der Waals surface area contributed by atoms with Gasteiger partial charge in [-0.25, -0.2) is 0 Å². The summed E-state index contributed by atoms with van der Waals surface area (Å²) in [6, 6.07) is 0. The second-order valence-electron chi connectivity index (χ2n) is 5.19. The highest BCUT2D eigenvalue weighted by molar-refractivity contribution is 5.78. The Morgan fingerprint density at radius 3 is 2.50 bits per heavy atom. The van der Waals surface area contributed by atoms with Gasteiger partial charge in [-0.15, -0.1) is 0 Å². The highest BCUT2D eigenvalue weighted by Crippen LogP contribution is 2.48. The molecule has 0 spiro atoms. The van der Waals surface area contributed by atoms with E-state index in [-0.39, 0.29) is 11.8 Å². The molecule has 1 aliphatic rings. The van der Waals surface area contributed by atoms with Gasteiger partial charge >= 0.3 is 0 Å². The van der Waals surface area contributed by atoms with Crippen molar-refractivity contribution in [1.82, 2.24) is 5.32 Å². The van der Waals surface area contributed by atoms with Crippen LogP contribution in [0.4, 0.5) is 0 Å². The third-order valence-corrected chi connectivity index (χ3v) is 3.67. The summed E-state index contributed by atoms with van der Waals surface area (Å²) in [6.45, 7) is 5.64. The van der Waals surface area contributed by atoms with Gasteiger partial charge in [0.25, 0.3) is 0 Å². The third-order valence-electron chi connectivity index (χ3n) is 3.67. The molecule has 1 unspecified atom stereocenters. The number of hydrogen-bond acceptors (Lipinski definition) is 2. The van der Waals surface area contributed by atoms with Gasteiger partial charge in [-0.3, -0.25) is 4.79 Å². The van der Waals surface area contributed by atoms with E-state index in [4.69, 9.17) is 5.73 Å². The molecule has 3 heteroatoms. The summed E-state index contributed by atoms with van der Waals surface area (Å²) in [6.07, 6.45) is 6.95. The van der Waals surface area contributed by atoms with Gasteiger partial charge < -0.3 is 11.1 Å². The molecule has 1 atom stereocenters. The van der Waals surface area contributed by atoms with E-state index in [1.54, 1.807) is 0 Å². The van der Waals surface area contributed by atoms with E-state index >= 15 is 0 Å². The number of carbonyl (C=O) groups excluding carboxylic acids is 1. The topological polar surface area (TPSA) is 55.1 Å². The van der Waals surface area contributed by atoms with Crippen LogP contribution in [-0.4, -0.2) is 19.0 Å². The molecule has 0 aliphatic heterocycles. The molecule has 0 aromatic heterocycles. The first kappa shape index (κ1) is 13.5. The molecule has 3 N–H and O–H groups in total. The van der Waals surface area contributed by atoms with Crippen LogP contribution in [0.5, 0.6) is 0 Å². The van der Waals surface area contributed by atoms with Gasteiger partial charge in [-0.2, -0.15) is 0 Å². The third kappa shape index (κ3) is 3.78. The molecule has 94 valence electrons. The molecule has 16 heavy (non-hydrogen) atoms. The van der Waals surface area contributed by atoms with Crippen molar-refractivity contribution in [3.05, 3.63) is 0 Å². The minimum absolute atomic E-state index is 0.0161. The zero-order valence-electron chi connectivity index (χ0n) is 10.7. The molecule has 0 radical (unpaired) electrons. The SMILES string of the molecule is CCCC(CN)C(=O)NCC1(CCC)CC1. The van der Waals surface area contributed by atoms with Crippen molar-refractivity contribution in [3.8, 4) is 0 Å². The Labute approximate surface area is 99.2 Å². The molecule has 0 aromatic carbocycles. The van der Waals surface area contributed by atoms with E-state index in [9.17, 15) is 4.79 Å². The Morgan fingerprint density at radius 1 is 1.38 bits per heavy atom. The lowest BCUT2D eigenvalue weighted by atomic mass is 9.99. The maximum Gasteiger partial charge on any atom is 0.224 e. The van der Waals surface area contributed by atoms with Crippen molar-refractivity contribution in [2.45, 2.75) is 52.4 Å². The van der Waals surface area contributed by atoms with Crippen LogP contribution in [0.2, 0.25) is 0 Å². The average molecular weight is 226 g/mol. The molecule has 0 saturated heterocycles. The fourth-order valence-electron chi connectivity index (χ4n) is 2.35. The fraction of sp³-hybridized carbons (Fsp3) is 0.923. The Morgan fingerprint density at radius 2 is 2.06 bits per heavy atom. The Balaban J connectivity index is 2.28. The zero-order valence-corrected chi connectivity index (χ0v) is 10.7. The van der Waals surface area contributed by atoms with Crippen molar-refractivity contribution in [3.63, 3.8) is 0 Å². The lowest BCUT2D eigenvalue weighted by molar-refractivity contribution is -0.125. The molecule has 0 aromatic rings. The molecule has 1 fully saturated rings. The molecule has 3 nitrogen and oxygen atoms in total. The molecular formula is C13H26N2O. The first-order chi connectivity index (χ1) is 7.67. The summed E-state index contributed by atoms with van der Waals surface area (Å²) in [5.74, 6) is 0.175. The smallest absolute Gasteiger partial charge is 0.224 e. The minimum Gasteiger partial charge on any atom is -0.355 e. The molecule has 0 bridgehead atoms. The van der Waals surface area contributed by atoms with Crippen LogP contribution in [0.15, 0.2) is 0 Å². The van der Waals surface area contributed by atoms with Crippen molar-refractivity contribution < 1.29 is 4.79 Å². The number of nitrogens with one attached hydrogen (secondary N) is 1. The van der Waals surface area contributed by atoms with Crippen molar-refractivity contribution in [2.75, 3.05) is 13.1 Å².